The fourth-order valence-electron chi connectivity index (χ4n) is 2.20. The number of methoxy groups -OCH3 is 1. The second-order valence-corrected chi connectivity index (χ2v) is 5.88. The van der Waals surface area contributed by atoms with Crippen LogP contribution < -0.4 is 10.6 Å². The SMILES string of the molecule is CNCCCCC(NC(=O)C(C)C(C)CCC(=O)O)C(=O)OC. The van der Waals surface area contributed by atoms with Crippen LogP contribution in [0.1, 0.15) is 46.0 Å². The first-order valence-electron chi connectivity index (χ1n) is 8.08. The van der Waals surface area contributed by atoms with Gasteiger partial charge >= 0.3 is 11.9 Å². The van der Waals surface area contributed by atoms with E-state index in [0.29, 0.717) is 12.8 Å². The molecule has 0 radical (unpaired) electrons. The minimum Gasteiger partial charge on any atom is -0.481 e. The number of hydrogen-bond acceptors (Lipinski definition) is 5. The minimum absolute atomic E-state index is 0.0310. The highest BCUT2D eigenvalue weighted by molar-refractivity contribution is 5.85. The van der Waals surface area contributed by atoms with Gasteiger partial charge in [-0.3, -0.25) is 9.59 Å². The van der Waals surface area contributed by atoms with E-state index in [1.165, 1.54) is 7.11 Å². The van der Waals surface area contributed by atoms with Crippen LogP contribution in [-0.2, 0) is 19.1 Å². The highest BCUT2D eigenvalue weighted by atomic mass is 16.5. The largest absolute Gasteiger partial charge is 0.481 e. The summed E-state index contributed by atoms with van der Waals surface area (Å²) >= 11 is 0. The summed E-state index contributed by atoms with van der Waals surface area (Å²) in [6.07, 6.45) is 2.68. The number of ether oxygens (including phenoxy) is 1. The molecule has 7 heteroatoms. The van der Waals surface area contributed by atoms with Crippen molar-refractivity contribution >= 4 is 17.8 Å². The van der Waals surface area contributed by atoms with E-state index in [9.17, 15) is 14.4 Å². The van der Waals surface area contributed by atoms with Crippen LogP contribution in [0.3, 0.4) is 0 Å². The van der Waals surface area contributed by atoms with Gasteiger partial charge in [0.25, 0.3) is 0 Å². The Labute approximate surface area is 138 Å². The monoisotopic (exact) mass is 330 g/mol. The zero-order chi connectivity index (χ0) is 17.8. The summed E-state index contributed by atoms with van der Waals surface area (Å²) in [4.78, 5) is 34.7. The first-order valence-corrected chi connectivity index (χ1v) is 8.08. The standard InChI is InChI=1S/C16H30N2O5/c1-11(8-9-14(19)20)12(2)15(21)18-13(16(22)23-4)7-5-6-10-17-3/h11-13,17H,5-10H2,1-4H3,(H,18,21)(H,19,20). The molecule has 0 aromatic heterocycles. The van der Waals surface area contributed by atoms with Crippen LogP contribution in [0.2, 0.25) is 0 Å². The molecule has 0 bridgehead atoms. The number of carboxylic acids is 1. The number of esters is 1. The van der Waals surface area contributed by atoms with Gasteiger partial charge < -0.3 is 20.5 Å². The Kier molecular flexibility index (Phi) is 11.0. The molecule has 0 fully saturated rings. The van der Waals surface area contributed by atoms with Crippen molar-refractivity contribution in [2.45, 2.75) is 52.0 Å². The van der Waals surface area contributed by atoms with Crippen molar-refractivity contribution in [2.75, 3.05) is 20.7 Å². The number of hydrogen-bond donors (Lipinski definition) is 3. The maximum atomic E-state index is 12.3. The summed E-state index contributed by atoms with van der Waals surface area (Å²) < 4.78 is 4.74. The molecule has 0 aliphatic carbocycles. The van der Waals surface area contributed by atoms with Gasteiger partial charge in [0, 0.05) is 12.3 Å². The Hall–Kier alpha value is -1.63. The van der Waals surface area contributed by atoms with E-state index >= 15 is 0 Å². The quantitative estimate of drug-likeness (QED) is 0.366. The number of nitrogens with one attached hydrogen (secondary N) is 2. The van der Waals surface area contributed by atoms with Crippen LogP contribution in [0, 0.1) is 11.8 Å². The van der Waals surface area contributed by atoms with Crippen LogP contribution in [0.15, 0.2) is 0 Å². The molecule has 3 unspecified atom stereocenters. The smallest absolute Gasteiger partial charge is 0.328 e. The first kappa shape index (κ1) is 21.4. The van der Waals surface area contributed by atoms with Crippen molar-refractivity contribution in [1.82, 2.24) is 10.6 Å². The molecule has 3 N–H and O–H groups in total. The number of aliphatic carboxylic acids is 1. The van der Waals surface area contributed by atoms with E-state index in [0.717, 1.165) is 19.4 Å². The third-order valence-corrected chi connectivity index (χ3v) is 4.05. The second kappa shape index (κ2) is 11.9. The molecule has 0 aliphatic rings. The molecule has 3 atom stereocenters. The summed E-state index contributed by atoms with van der Waals surface area (Å²) in [5.41, 5.74) is 0. The van der Waals surface area contributed by atoms with Crippen molar-refractivity contribution in [3.63, 3.8) is 0 Å². The third kappa shape index (κ3) is 9.18. The van der Waals surface area contributed by atoms with Crippen molar-refractivity contribution < 1.29 is 24.2 Å². The lowest BCUT2D eigenvalue weighted by molar-refractivity contribution is -0.146. The van der Waals surface area contributed by atoms with Gasteiger partial charge in [0.1, 0.15) is 6.04 Å². The van der Waals surface area contributed by atoms with Gasteiger partial charge in [-0.25, -0.2) is 4.79 Å². The lowest BCUT2D eigenvalue weighted by Gasteiger charge is -2.22. The fourth-order valence-corrected chi connectivity index (χ4v) is 2.20. The molecule has 0 saturated heterocycles. The van der Waals surface area contributed by atoms with Gasteiger partial charge in [-0.15, -0.1) is 0 Å². The molecule has 0 aromatic rings. The molecule has 0 heterocycles. The van der Waals surface area contributed by atoms with E-state index in [4.69, 9.17) is 9.84 Å². The molecule has 0 aromatic carbocycles. The Balaban J connectivity index is 4.49. The van der Waals surface area contributed by atoms with Gasteiger partial charge in [0.05, 0.1) is 7.11 Å². The van der Waals surface area contributed by atoms with Gasteiger partial charge in [-0.1, -0.05) is 13.8 Å². The van der Waals surface area contributed by atoms with Gasteiger partial charge in [0.2, 0.25) is 5.91 Å². The van der Waals surface area contributed by atoms with Crippen LogP contribution in [0.5, 0.6) is 0 Å². The lowest BCUT2D eigenvalue weighted by Crippen LogP contribution is -2.45. The summed E-state index contributed by atoms with van der Waals surface area (Å²) in [5, 5.41) is 14.5. The topological polar surface area (TPSA) is 105 Å². The van der Waals surface area contributed by atoms with Gasteiger partial charge in [-0.05, 0) is 45.2 Å². The second-order valence-electron chi connectivity index (χ2n) is 5.88. The summed E-state index contributed by atoms with van der Waals surface area (Å²) in [7, 11) is 3.16. The van der Waals surface area contributed by atoms with E-state index in [1.807, 2.05) is 14.0 Å². The number of carboxylic acid groups (broad SMARTS) is 1. The molecule has 134 valence electrons. The predicted octanol–water partition coefficient (Wildman–Crippen LogP) is 1.17. The third-order valence-electron chi connectivity index (χ3n) is 4.05. The number of rotatable bonds is 12. The molecular formula is C16H30N2O5. The van der Waals surface area contributed by atoms with Gasteiger partial charge in [-0.2, -0.15) is 0 Å². The van der Waals surface area contributed by atoms with Crippen molar-refractivity contribution in [3.8, 4) is 0 Å². The summed E-state index contributed by atoms with van der Waals surface area (Å²) in [5.74, 6) is -2.01. The highest BCUT2D eigenvalue weighted by Gasteiger charge is 2.26. The average Bonchev–Trinajstić information content (AvgIpc) is 2.53. The molecule has 0 rings (SSSR count). The Morgan fingerprint density at radius 2 is 1.78 bits per heavy atom. The van der Waals surface area contributed by atoms with E-state index in [2.05, 4.69) is 10.6 Å². The predicted molar refractivity (Wildman–Crippen MR) is 86.9 cm³/mol. The number of unbranched alkanes of at least 4 members (excludes halogenated alkanes) is 1. The fraction of sp³-hybridized carbons (Fsp3) is 0.812. The van der Waals surface area contributed by atoms with Crippen molar-refractivity contribution in [3.05, 3.63) is 0 Å². The zero-order valence-electron chi connectivity index (χ0n) is 14.6. The normalized spacial score (nSPS) is 14.6. The lowest BCUT2D eigenvalue weighted by atomic mass is 9.90. The zero-order valence-corrected chi connectivity index (χ0v) is 14.6. The molecule has 0 aliphatic heterocycles. The number of carbonyl (C=O) groups excluding carboxylic acids is 2. The summed E-state index contributed by atoms with van der Waals surface area (Å²) in [6, 6.07) is -0.654. The van der Waals surface area contributed by atoms with Crippen molar-refractivity contribution in [2.24, 2.45) is 11.8 Å². The van der Waals surface area contributed by atoms with Crippen LogP contribution in [-0.4, -0.2) is 49.7 Å². The Bertz CT molecular complexity index is 387. The summed E-state index contributed by atoms with van der Waals surface area (Å²) in [6.45, 7) is 4.44. The van der Waals surface area contributed by atoms with E-state index in [-0.39, 0.29) is 24.2 Å². The highest BCUT2D eigenvalue weighted by Crippen LogP contribution is 2.17. The average molecular weight is 330 g/mol. The number of carbonyl (C=O) groups is 3. The van der Waals surface area contributed by atoms with Crippen LogP contribution >= 0.6 is 0 Å². The first-order chi connectivity index (χ1) is 10.8. The van der Waals surface area contributed by atoms with E-state index < -0.39 is 18.0 Å². The van der Waals surface area contributed by atoms with E-state index in [1.54, 1.807) is 6.92 Å². The number of amides is 1. The van der Waals surface area contributed by atoms with Gasteiger partial charge in [0.15, 0.2) is 0 Å². The van der Waals surface area contributed by atoms with Crippen LogP contribution in [0.25, 0.3) is 0 Å². The van der Waals surface area contributed by atoms with Crippen molar-refractivity contribution in [1.29, 1.82) is 0 Å². The van der Waals surface area contributed by atoms with Crippen LogP contribution in [0.4, 0.5) is 0 Å². The minimum atomic E-state index is -0.874. The molecule has 1 amide bonds. The molecule has 23 heavy (non-hydrogen) atoms. The maximum absolute atomic E-state index is 12.3. The molecule has 7 nitrogen and oxygen atoms in total. The molecule has 0 spiro atoms. The Morgan fingerprint density at radius 1 is 1.13 bits per heavy atom. The Morgan fingerprint density at radius 3 is 2.30 bits per heavy atom. The maximum Gasteiger partial charge on any atom is 0.328 e. The molecule has 0 saturated carbocycles. The molecular weight excluding hydrogens is 300 g/mol.